The normalized spacial score (nSPS) is 14.5. The van der Waals surface area contributed by atoms with Gasteiger partial charge in [0, 0.05) is 48.3 Å². The minimum Gasteiger partial charge on any atom is -0.294 e. The fourth-order valence-electron chi connectivity index (χ4n) is 5.99. The van der Waals surface area contributed by atoms with Crippen LogP contribution >= 0.6 is 23.5 Å². The fraction of sp³-hybridized carbons (Fsp3) is 0.242. The van der Waals surface area contributed by atoms with E-state index in [1.807, 2.05) is 24.0 Å². The first kappa shape index (κ1) is 23.9. The van der Waals surface area contributed by atoms with Crippen LogP contribution in [0.1, 0.15) is 39.5 Å². The van der Waals surface area contributed by atoms with Crippen molar-refractivity contribution in [2.45, 2.75) is 59.8 Å². The van der Waals surface area contributed by atoms with Gasteiger partial charge in [-0.1, -0.05) is 69.2 Å². The lowest BCUT2D eigenvalue weighted by Crippen LogP contribution is -2.03. The average Bonchev–Trinajstić information content (AvgIpc) is 3.65. The van der Waals surface area contributed by atoms with E-state index < -0.39 is 0 Å². The fourth-order valence-corrected chi connectivity index (χ4v) is 8.34. The van der Waals surface area contributed by atoms with Crippen LogP contribution in [0.5, 0.6) is 0 Å². The molecule has 3 aromatic heterocycles. The van der Waals surface area contributed by atoms with E-state index in [0.29, 0.717) is 10.5 Å². The van der Waals surface area contributed by atoms with Crippen LogP contribution in [0.3, 0.4) is 0 Å². The highest BCUT2D eigenvalue weighted by atomic mass is 32.2. The molecule has 6 aromatic rings. The van der Waals surface area contributed by atoms with Crippen molar-refractivity contribution in [1.29, 1.82) is 0 Å². The first-order valence-corrected chi connectivity index (χ1v) is 15.4. The second kappa shape index (κ2) is 9.87. The first-order valence-electron chi connectivity index (χ1n) is 13.6. The molecule has 0 unspecified atom stereocenters. The lowest BCUT2D eigenvalue weighted by molar-refractivity contribution is 0.886. The van der Waals surface area contributed by atoms with Crippen LogP contribution in [0.15, 0.2) is 101 Å². The van der Waals surface area contributed by atoms with Crippen molar-refractivity contribution in [3.05, 3.63) is 91.1 Å². The third kappa shape index (κ3) is 3.95. The zero-order valence-corrected chi connectivity index (χ0v) is 23.4. The summed E-state index contributed by atoms with van der Waals surface area (Å²) in [6, 6.07) is 30.7. The number of hydrogen-bond donors (Lipinski definition) is 0. The number of rotatable bonds is 6. The number of benzene rings is 3. The van der Waals surface area contributed by atoms with E-state index in [1.165, 1.54) is 74.0 Å². The van der Waals surface area contributed by atoms with Crippen molar-refractivity contribution < 1.29 is 0 Å². The number of aromatic nitrogens is 3. The molecule has 3 heterocycles. The van der Waals surface area contributed by atoms with E-state index >= 15 is 0 Å². The summed E-state index contributed by atoms with van der Waals surface area (Å²) in [5, 5.41) is 5.18. The molecule has 5 heteroatoms. The maximum absolute atomic E-state index is 4.84. The molecule has 1 saturated carbocycles. The molecule has 1 aliphatic carbocycles. The molecule has 3 aromatic carbocycles. The Morgan fingerprint density at radius 3 is 2.26 bits per heavy atom. The number of thioether (sulfide) groups is 2. The Kier molecular flexibility index (Phi) is 6.21. The number of fused-ring (bicyclic) bond motifs is 5. The van der Waals surface area contributed by atoms with Gasteiger partial charge in [-0.05, 0) is 55.3 Å². The van der Waals surface area contributed by atoms with E-state index in [9.17, 15) is 0 Å². The molecule has 0 spiro atoms. The third-order valence-electron chi connectivity index (χ3n) is 7.49. The number of pyridine rings is 1. The van der Waals surface area contributed by atoms with Crippen LogP contribution in [0.4, 0.5) is 0 Å². The SMILES string of the molecule is CC(C)Sc1ccc(SC2CCCC2)c2c3c4ccccc4n(-c4ccccn4)c3n(-c3ccccc3)c12. The Morgan fingerprint density at radius 2 is 1.50 bits per heavy atom. The minimum absolute atomic E-state index is 0.486. The van der Waals surface area contributed by atoms with E-state index in [1.54, 1.807) is 0 Å². The molecular formula is C33H31N3S2. The topological polar surface area (TPSA) is 22.8 Å². The lowest BCUT2D eigenvalue weighted by Gasteiger charge is -2.17. The van der Waals surface area contributed by atoms with E-state index in [2.05, 4.69) is 114 Å². The van der Waals surface area contributed by atoms with Gasteiger partial charge in [-0.3, -0.25) is 9.13 Å². The molecule has 1 fully saturated rings. The van der Waals surface area contributed by atoms with Gasteiger partial charge in [0.2, 0.25) is 0 Å². The molecule has 0 saturated heterocycles. The largest absolute Gasteiger partial charge is 0.294 e. The molecule has 0 N–H and O–H groups in total. The Morgan fingerprint density at radius 1 is 0.763 bits per heavy atom. The Balaban J connectivity index is 1.69. The molecule has 3 nitrogen and oxygen atoms in total. The van der Waals surface area contributed by atoms with Crippen LogP contribution < -0.4 is 0 Å². The predicted molar refractivity (Wildman–Crippen MR) is 165 cm³/mol. The summed E-state index contributed by atoms with van der Waals surface area (Å²) in [6.07, 6.45) is 7.22. The summed E-state index contributed by atoms with van der Waals surface area (Å²) in [6.45, 7) is 4.58. The van der Waals surface area contributed by atoms with Crippen LogP contribution in [-0.4, -0.2) is 24.6 Å². The maximum Gasteiger partial charge on any atom is 0.138 e. The third-order valence-corrected chi connectivity index (χ3v) is 9.94. The highest BCUT2D eigenvalue weighted by Gasteiger charge is 2.27. The van der Waals surface area contributed by atoms with Gasteiger partial charge in [0.05, 0.1) is 11.0 Å². The van der Waals surface area contributed by atoms with Gasteiger partial charge < -0.3 is 0 Å². The zero-order valence-electron chi connectivity index (χ0n) is 21.8. The summed E-state index contributed by atoms with van der Waals surface area (Å²) in [5.74, 6) is 0.946. The molecule has 38 heavy (non-hydrogen) atoms. The Labute approximate surface area is 232 Å². The van der Waals surface area contributed by atoms with Crippen LogP contribution in [-0.2, 0) is 0 Å². The van der Waals surface area contributed by atoms with Crippen molar-refractivity contribution in [3.8, 4) is 11.5 Å². The number of nitrogens with zero attached hydrogens (tertiary/aromatic N) is 3. The van der Waals surface area contributed by atoms with E-state index in [-0.39, 0.29) is 0 Å². The first-order chi connectivity index (χ1) is 18.7. The van der Waals surface area contributed by atoms with Crippen molar-refractivity contribution >= 4 is 56.4 Å². The maximum atomic E-state index is 4.84. The Bertz CT molecular complexity index is 1740. The van der Waals surface area contributed by atoms with Crippen molar-refractivity contribution in [3.63, 3.8) is 0 Å². The molecule has 0 aliphatic heterocycles. The smallest absolute Gasteiger partial charge is 0.138 e. The zero-order chi connectivity index (χ0) is 25.6. The van der Waals surface area contributed by atoms with Crippen molar-refractivity contribution in [2.24, 2.45) is 0 Å². The minimum atomic E-state index is 0.486. The molecule has 190 valence electrons. The molecular weight excluding hydrogens is 503 g/mol. The van der Waals surface area contributed by atoms with Gasteiger partial charge in [-0.2, -0.15) is 0 Å². The van der Waals surface area contributed by atoms with Gasteiger partial charge in [-0.15, -0.1) is 23.5 Å². The van der Waals surface area contributed by atoms with Gasteiger partial charge in [0.15, 0.2) is 0 Å². The Hall–Kier alpha value is -3.15. The summed E-state index contributed by atoms with van der Waals surface area (Å²) >= 11 is 4.06. The molecule has 0 radical (unpaired) electrons. The molecule has 0 amide bonds. The molecule has 0 atom stereocenters. The summed E-state index contributed by atoms with van der Waals surface area (Å²) in [7, 11) is 0. The van der Waals surface area contributed by atoms with Gasteiger partial charge >= 0.3 is 0 Å². The average molecular weight is 534 g/mol. The number of para-hydroxylation sites is 2. The standard InChI is InChI=1S/C33H31N3S2/c1-22(2)37-28-20-19-27(38-24-14-6-7-15-24)31-30-25-16-8-9-17-26(25)36(29-18-10-11-21-34-29)33(30)35(32(28)31)23-12-4-3-5-13-23/h3-5,8-13,16-22,24H,6-7,14-15H2,1-2H3. The second-order valence-electron chi connectivity index (χ2n) is 10.4. The summed E-state index contributed by atoms with van der Waals surface area (Å²) in [4.78, 5) is 7.58. The monoisotopic (exact) mass is 533 g/mol. The number of hydrogen-bond acceptors (Lipinski definition) is 3. The van der Waals surface area contributed by atoms with Crippen LogP contribution in [0, 0.1) is 0 Å². The lowest BCUT2D eigenvalue weighted by atomic mass is 10.1. The summed E-state index contributed by atoms with van der Waals surface area (Å²) < 4.78 is 4.87. The molecule has 0 bridgehead atoms. The van der Waals surface area contributed by atoms with E-state index in [4.69, 9.17) is 4.98 Å². The molecule has 1 aliphatic rings. The van der Waals surface area contributed by atoms with Gasteiger partial charge in [0.1, 0.15) is 11.5 Å². The van der Waals surface area contributed by atoms with Crippen molar-refractivity contribution in [2.75, 3.05) is 0 Å². The summed E-state index contributed by atoms with van der Waals surface area (Å²) in [5.41, 5.74) is 4.89. The van der Waals surface area contributed by atoms with E-state index in [0.717, 1.165) is 5.82 Å². The van der Waals surface area contributed by atoms with Crippen LogP contribution in [0.25, 0.3) is 44.3 Å². The second-order valence-corrected chi connectivity index (χ2v) is 13.3. The highest BCUT2D eigenvalue weighted by molar-refractivity contribution is 8.00. The molecule has 7 rings (SSSR count). The predicted octanol–water partition coefficient (Wildman–Crippen LogP) is 9.66. The van der Waals surface area contributed by atoms with Gasteiger partial charge in [-0.25, -0.2) is 4.98 Å². The quantitative estimate of drug-likeness (QED) is 0.199. The van der Waals surface area contributed by atoms with Crippen LogP contribution in [0.2, 0.25) is 0 Å². The highest BCUT2D eigenvalue weighted by Crippen LogP contribution is 2.49. The van der Waals surface area contributed by atoms with Crippen molar-refractivity contribution in [1.82, 2.24) is 14.1 Å². The van der Waals surface area contributed by atoms with Gasteiger partial charge in [0.25, 0.3) is 0 Å².